The van der Waals surface area contributed by atoms with Crippen molar-refractivity contribution in [1.29, 1.82) is 0 Å². The molecule has 0 saturated carbocycles. The van der Waals surface area contributed by atoms with Crippen LogP contribution in [0.5, 0.6) is 0 Å². The first-order valence-corrected chi connectivity index (χ1v) is 5.55. The fraction of sp³-hybridized carbons (Fsp3) is 0.182. The zero-order valence-corrected chi connectivity index (χ0v) is 10.2. The van der Waals surface area contributed by atoms with Gasteiger partial charge in [0.25, 0.3) is 11.4 Å². The molecule has 0 unspecified atom stereocenters. The molecule has 0 aliphatic heterocycles. The highest BCUT2D eigenvalue weighted by atomic mass is 16.6. The van der Waals surface area contributed by atoms with E-state index in [-0.39, 0.29) is 24.5 Å². The van der Waals surface area contributed by atoms with E-state index >= 15 is 0 Å². The fourth-order valence-electron chi connectivity index (χ4n) is 1.72. The molecule has 1 aromatic carbocycles. The molecular weight excluding hydrogens is 268 g/mol. The van der Waals surface area contributed by atoms with Crippen molar-refractivity contribution in [3.8, 4) is 0 Å². The number of rotatable bonds is 5. The van der Waals surface area contributed by atoms with Gasteiger partial charge < -0.3 is 5.11 Å². The van der Waals surface area contributed by atoms with Gasteiger partial charge in [-0.25, -0.2) is 0 Å². The van der Waals surface area contributed by atoms with E-state index < -0.39 is 9.85 Å². The lowest BCUT2D eigenvalue weighted by Gasteiger charge is -2.03. The van der Waals surface area contributed by atoms with E-state index in [2.05, 4.69) is 5.10 Å². The average molecular weight is 278 g/mol. The number of nitro groups is 2. The van der Waals surface area contributed by atoms with Gasteiger partial charge in [-0.1, -0.05) is 0 Å². The summed E-state index contributed by atoms with van der Waals surface area (Å²) < 4.78 is 1.42. The fourth-order valence-corrected chi connectivity index (χ4v) is 1.72. The van der Waals surface area contributed by atoms with E-state index in [1.165, 1.54) is 23.0 Å². The maximum atomic E-state index is 11.0. The number of nitrogens with zero attached hydrogens (tertiary/aromatic N) is 4. The molecule has 2 rings (SSSR count). The summed E-state index contributed by atoms with van der Waals surface area (Å²) in [7, 11) is 0. The number of aliphatic hydroxyl groups excluding tert-OH is 1. The molecule has 9 nitrogen and oxygen atoms in total. The van der Waals surface area contributed by atoms with Crippen LogP contribution in [0.1, 0.15) is 11.1 Å². The van der Waals surface area contributed by atoms with Gasteiger partial charge in [0.15, 0.2) is 0 Å². The van der Waals surface area contributed by atoms with Gasteiger partial charge in [0, 0.05) is 17.8 Å². The molecule has 1 N–H and O–H groups in total. The van der Waals surface area contributed by atoms with Gasteiger partial charge in [-0.15, -0.1) is 0 Å². The first-order valence-electron chi connectivity index (χ1n) is 5.55. The third kappa shape index (κ3) is 2.78. The highest BCUT2D eigenvalue weighted by Crippen LogP contribution is 2.25. The number of aliphatic hydroxyl groups is 1. The van der Waals surface area contributed by atoms with E-state index in [0.717, 1.165) is 6.07 Å². The molecule has 0 fully saturated rings. The zero-order chi connectivity index (χ0) is 14.7. The summed E-state index contributed by atoms with van der Waals surface area (Å²) in [5, 5.41) is 34.4. The minimum absolute atomic E-state index is 0.0916. The number of aromatic nitrogens is 2. The summed E-state index contributed by atoms with van der Waals surface area (Å²) in [6.45, 7) is -0.0866. The molecule has 9 heteroatoms. The standard InChI is InChI=1S/C11H10N4O5/c16-7-8-4-12-13(5-8)6-9-1-2-10(14(17)18)3-11(9)15(19)20/h1-5,16H,6-7H2. The van der Waals surface area contributed by atoms with Crippen LogP contribution in [0.4, 0.5) is 11.4 Å². The van der Waals surface area contributed by atoms with Crippen LogP contribution in [0.3, 0.4) is 0 Å². The van der Waals surface area contributed by atoms with Crippen LogP contribution in [0.2, 0.25) is 0 Å². The predicted molar refractivity (Wildman–Crippen MR) is 67.0 cm³/mol. The highest BCUT2D eigenvalue weighted by molar-refractivity contribution is 5.49. The Bertz CT molecular complexity index is 667. The molecule has 20 heavy (non-hydrogen) atoms. The number of nitro benzene ring substituents is 2. The van der Waals surface area contributed by atoms with E-state index in [4.69, 9.17) is 5.11 Å². The molecular formula is C11H10N4O5. The second-order valence-corrected chi connectivity index (χ2v) is 4.03. The van der Waals surface area contributed by atoms with E-state index in [1.54, 1.807) is 6.20 Å². The van der Waals surface area contributed by atoms with Crippen molar-refractivity contribution >= 4 is 11.4 Å². The first kappa shape index (κ1) is 13.6. The third-order valence-electron chi connectivity index (χ3n) is 2.68. The molecule has 0 aliphatic carbocycles. The van der Waals surface area contributed by atoms with Crippen LogP contribution in [0, 0.1) is 20.2 Å². The smallest absolute Gasteiger partial charge is 0.281 e. The van der Waals surface area contributed by atoms with Crippen molar-refractivity contribution in [2.24, 2.45) is 0 Å². The maximum Gasteiger partial charge on any atom is 0.281 e. The van der Waals surface area contributed by atoms with Crippen LogP contribution in [0.25, 0.3) is 0 Å². The Hall–Kier alpha value is -2.81. The van der Waals surface area contributed by atoms with Gasteiger partial charge in [0.05, 0.1) is 40.8 Å². The average Bonchev–Trinajstić information content (AvgIpc) is 2.86. The Kier molecular flexibility index (Phi) is 3.71. The van der Waals surface area contributed by atoms with Crippen molar-refractivity contribution in [3.63, 3.8) is 0 Å². The minimum atomic E-state index is -0.686. The normalized spacial score (nSPS) is 10.4. The lowest BCUT2D eigenvalue weighted by molar-refractivity contribution is -0.394. The number of benzene rings is 1. The lowest BCUT2D eigenvalue weighted by atomic mass is 10.1. The van der Waals surface area contributed by atoms with E-state index in [1.807, 2.05) is 0 Å². The zero-order valence-electron chi connectivity index (χ0n) is 10.2. The number of hydrogen-bond donors (Lipinski definition) is 1. The Balaban J connectivity index is 2.35. The Labute approximate surface area is 112 Å². The second kappa shape index (κ2) is 5.45. The highest BCUT2D eigenvalue weighted by Gasteiger charge is 2.19. The molecule has 104 valence electrons. The summed E-state index contributed by atoms with van der Waals surface area (Å²) in [6.07, 6.45) is 2.99. The number of non-ortho nitro benzene ring substituents is 1. The van der Waals surface area contributed by atoms with Crippen molar-refractivity contribution < 1.29 is 15.0 Å². The van der Waals surface area contributed by atoms with Gasteiger partial charge in [0.2, 0.25) is 0 Å². The Morgan fingerprint density at radius 1 is 1.25 bits per heavy atom. The quantitative estimate of drug-likeness (QED) is 0.648. The van der Waals surface area contributed by atoms with Gasteiger partial charge in [0.1, 0.15) is 0 Å². The van der Waals surface area contributed by atoms with Gasteiger partial charge in [-0.2, -0.15) is 5.10 Å². The first-order chi connectivity index (χ1) is 9.51. The van der Waals surface area contributed by atoms with Crippen LogP contribution in [-0.4, -0.2) is 24.7 Å². The van der Waals surface area contributed by atoms with Gasteiger partial charge in [-0.3, -0.25) is 24.9 Å². The molecule has 0 bridgehead atoms. The van der Waals surface area contributed by atoms with Crippen molar-refractivity contribution in [2.45, 2.75) is 13.2 Å². The van der Waals surface area contributed by atoms with Crippen molar-refractivity contribution in [3.05, 3.63) is 61.9 Å². The lowest BCUT2D eigenvalue weighted by Crippen LogP contribution is -2.04. The van der Waals surface area contributed by atoms with Crippen LogP contribution in [0.15, 0.2) is 30.6 Å². The molecule has 0 atom stereocenters. The summed E-state index contributed by atoms with van der Waals surface area (Å²) in [6, 6.07) is 3.46. The van der Waals surface area contributed by atoms with Crippen LogP contribution >= 0.6 is 0 Å². The van der Waals surface area contributed by atoms with E-state index in [0.29, 0.717) is 11.1 Å². The van der Waals surface area contributed by atoms with Crippen molar-refractivity contribution in [1.82, 2.24) is 9.78 Å². The van der Waals surface area contributed by atoms with E-state index in [9.17, 15) is 20.2 Å². The molecule has 0 radical (unpaired) electrons. The molecule has 0 spiro atoms. The summed E-state index contributed by atoms with van der Waals surface area (Å²) in [5.41, 5.74) is 0.208. The Morgan fingerprint density at radius 3 is 2.55 bits per heavy atom. The Morgan fingerprint density at radius 2 is 2.00 bits per heavy atom. The van der Waals surface area contributed by atoms with Crippen LogP contribution in [-0.2, 0) is 13.2 Å². The number of hydrogen-bond acceptors (Lipinski definition) is 6. The maximum absolute atomic E-state index is 11.0. The summed E-state index contributed by atoms with van der Waals surface area (Å²) in [4.78, 5) is 20.2. The SMILES string of the molecule is O=[N+]([O-])c1ccc(Cn2cc(CO)cn2)c([N+](=O)[O-])c1. The molecule has 1 aromatic heterocycles. The monoisotopic (exact) mass is 278 g/mol. The van der Waals surface area contributed by atoms with Crippen LogP contribution < -0.4 is 0 Å². The van der Waals surface area contributed by atoms with Crippen molar-refractivity contribution in [2.75, 3.05) is 0 Å². The topological polar surface area (TPSA) is 124 Å². The molecule has 0 saturated heterocycles. The second-order valence-electron chi connectivity index (χ2n) is 4.03. The largest absolute Gasteiger partial charge is 0.392 e. The van der Waals surface area contributed by atoms with Gasteiger partial charge >= 0.3 is 0 Å². The third-order valence-corrected chi connectivity index (χ3v) is 2.68. The molecule has 0 amide bonds. The summed E-state index contributed by atoms with van der Waals surface area (Å²) >= 11 is 0. The molecule has 2 aromatic rings. The molecule has 0 aliphatic rings. The minimum Gasteiger partial charge on any atom is -0.392 e. The predicted octanol–water partition coefficient (Wildman–Crippen LogP) is 1.24. The summed E-state index contributed by atoms with van der Waals surface area (Å²) in [5.74, 6) is 0. The van der Waals surface area contributed by atoms with Gasteiger partial charge in [-0.05, 0) is 6.07 Å². The molecule has 1 heterocycles.